The fourth-order valence-electron chi connectivity index (χ4n) is 1.77. The molecule has 0 bridgehead atoms. The highest BCUT2D eigenvalue weighted by Gasteiger charge is 2.07. The summed E-state index contributed by atoms with van der Waals surface area (Å²) >= 11 is 0. The molecule has 0 aliphatic heterocycles. The predicted octanol–water partition coefficient (Wildman–Crippen LogP) is 2.77. The van der Waals surface area contributed by atoms with Crippen LogP contribution in [0.15, 0.2) is 24.3 Å². The van der Waals surface area contributed by atoms with Gasteiger partial charge in [-0.05, 0) is 37.3 Å². The fourth-order valence-corrected chi connectivity index (χ4v) is 1.77. The molecule has 0 saturated heterocycles. The molecular formula is C15H25NO2. The quantitative estimate of drug-likeness (QED) is 0.686. The van der Waals surface area contributed by atoms with E-state index in [4.69, 9.17) is 15.2 Å². The number of hydrogen-bond donors (Lipinski definition) is 1. The number of para-hydroxylation sites is 1. The van der Waals surface area contributed by atoms with Crippen molar-refractivity contribution in [1.82, 2.24) is 0 Å². The molecule has 1 unspecified atom stereocenters. The maximum atomic E-state index is 6.00. The average molecular weight is 251 g/mol. The van der Waals surface area contributed by atoms with Crippen molar-refractivity contribution in [3.8, 4) is 5.75 Å². The summed E-state index contributed by atoms with van der Waals surface area (Å²) in [6.45, 7) is 3.65. The van der Waals surface area contributed by atoms with Crippen LogP contribution in [0.3, 0.4) is 0 Å². The lowest BCUT2D eigenvalue weighted by Gasteiger charge is -2.14. The van der Waals surface area contributed by atoms with Crippen LogP contribution in [0.25, 0.3) is 0 Å². The number of rotatable bonds is 9. The van der Waals surface area contributed by atoms with E-state index in [2.05, 4.69) is 13.0 Å². The standard InChI is InChI=1S/C15H25NO2/c1-3-14(16)12-13-8-4-5-9-15(13)18-11-7-6-10-17-2/h4-5,8-9,14H,3,6-7,10-12,16H2,1-2H3. The Labute approximate surface area is 110 Å². The summed E-state index contributed by atoms with van der Waals surface area (Å²) in [6, 6.07) is 8.37. The van der Waals surface area contributed by atoms with E-state index < -0.39 is 0 Å². The van der Waals surface area contributed by atoms with Crippen molar-refractivity contribution in [3.63, 3.8) is 0 Å². The SMILES string of the molecule is CCC(N)Cc1ccccc1OCCCCOC. The molecule has 3 nitrogen and oxygen atoms in total. The topological polar surface area (TPSA) is 44.5 Å². The van der Waals surface area contributed by atoms with Gasteiger partial charge in [0.15, 0.2) is 0 Å². The molecule has 0 heterocycles. The molecule has 0 aliphatic carbocycles. The molecular weight excluding hydrogens is 226 g/mol. The van der Waals surface area contributed by atoms with Crippen molar-refractivity contribution in [2.24, 2.45) is 5.73 Å². The van der Waals surface area contributed by atoms with Crippen LogP contribution in [-0.2, 0) is 11.2 Å². The molecule has 0 radical (unpaired) electrons. The van der Waals surface area contributed by atoms with Gasteiger partial charge in [-0.2, -0.15) is 0 Å². The Bertz CT molecular complexity index is 328. The third kappa shape index (κ3) is 5.52. The van der Waals surface area contributed by atoms with Gasteiger partial charge in [0.2, 0.25) is 0 Å². The largest absolute Gasteiger partial charge is 0.493 e. The smallest absolute Gasteiger partial charge is 0.122 e. The van der Waals surface area contributed by atoms with Crippen LogP contribution >= 0.6 is 0 Å². The van der Waals surface area contributed by atoms with Gasteiger partial charge in [0.25, 0.3) is 0 Å². The molecule has 2 N–H and O–H groups in total. The third-order valence-electron chi connectivity index (χ3n) is 2.98. The second kappa shape index (κ2) is 8.95. The molecule has 102 valence electrons. The summed E-state index contributed by atoms with van der Waals surface area (Å²) in [4.78, 5) is 0. The molecule has 0 fully saturated rings. The normalized spacial score (nSPS) is 12.4. The lowest BCUT2D eigenvalue weighted by atomic mass is 10.0. The molecule has 0 amide bonds. The Morgan fingerprint density at radius 1 is 1.17 bits per heavy atom. The summed E-state index contributed by atoms with van der Waals surface area (Å²) < 4.78 is 10.8. The second-order valence-corrected chi connectivity index (χ2v) is 4.53. The molecule has 3 heteroatoms. The van der Waals surface area contributed by atoms with E-state index in [0.29, 0.717) is 0 Å². The first-order valence-electron chi connectivity index (χ1n) is 6.73. The van der Waals surface area contributed by atoms with Crippen molar-refractivity contribution in [2.45, 2.75) is 38.6 Å². The Balaban J connectivity index is 2.43. The molecule has 1 aromatic carbocycles. The van der Waals surface area contributed by atoms with Crippen molar-refractivity contribution >= 4 is 0 Å². The van der Waals surface area contributed by atoms with Gasteiger partial charge in [0.05, 0.1) is 6.61 Å². The van der Waals surface area contributed by atoms with Crippen molar-refractivity contribution in [3.05, 3.63) is 29.8 Å². The van der Waals surface area contributed by atoms with Crippen LogP contribution in [0.2, 0.25) is 0 Å². The van der Waals surface area contributed by atoms with Gasteiger partial charge in [-0.15, -0.1) is 0 Å². The van der Waals surface area contributed by atoms with Gasteiger partial charge in [-0.1, -0.05) is 25.1 Å². The number of methoxy groups -OCH3 is 1. The van der Waals surface area contributed by atoms with Gasteiger partial charge >= 0.3 is 0 Å². The molecule has 0 spiro atoms. The van der Waals surface area contributed by atoms with Crippen molar-refractivity contribution in [1.29, 1.82) is 0 Å². The van der Waals surface area contributed by atoms with E-state index in [1.54, 1.807) is 7.11 Å². The fraction of sp³-hybridized carbons (Fsp3) is 0.600. The molecule has 18 heavy (non-hydrogen) atoms. The van der Waals surface area contributed by atoms with E-state index in [1.807, 2.05) is 18.2 Å². The summed E-state index contributed by atoms with van der Waals surface area (Å²) in [5.41, 5.74) is 7.20. The zero-order valence-corrected chi connectivity index (χ0v) is 11.5. The first kappa shape index (κ1) is 15.0. The molecule has 1 aromatic rings. The van der Waals surface area contributed by atoms with Crippen LogP contribution in [0.4, 0.5) is 0 Å². The second-order valence-electron chi connectivity index (χ2n) is 4.53. The van der Waals surface area contributed by atoms with Crippen molar-refractivity contribution in [2.75, 3.05) is 20.3 Å². The van der Waals surface area contributed by atoms with E-state index in [-0.39, 0.29) is 6.04 Å². The molecule has 0 aromatic heterocycles. The lowest BCUT2D eigenvalue weighted by molar-refractivity contribution is 0.184. The van der Waals surface area contributed by atoms with Crippen LogP contribution in [0.5, 0.6) is 5.75 Å². The molecule has 0 saturated carbocycles. The highest BCUT2D eigenvalue weighted by Crippen LogP contribution is 2.20. The van der Waals surface area contributed by atoms with Crippen LogP contribution in [0, 0.1) is 0 Å². The number of nitrogens with two attached hydrogens (primary N) is 1. The highest BCUT2D eigenvalue weighted by molar-refractivity contribution is 5.33. The minimum Gasteiger partial charge on any atom is -0.493 e. The monoisotopic (exact) mass is 251 g/mol. The Kier molecular flexibility index (Phi) is 7.46. The van der Waals surface area contributed by atoms with Gasteiger partial charge in [0.1, 0.15) is 5.75 Å². The lowest BCUT2D eigenvalue weighted by Crippen LogP contribution is -2.21. The third-order valence-corrected chi connectivity index (χ3v) is 2.98. The summed E-state index contributed by atoms with van der Waals surface area (Å²) in [6.07, 6.45) is 3.92. The van der Waals surface area contributed by atoms with Gasteiger partial charge < -0.3 is 15.2 Å². The van der Waals surface area contributed by atoms with Crippen LogP contribution in [0.1, 0.15) is 31.7 Å². The Morgan fingerprint density at radius 2 is 1.89 bits per heavy atom. The first-order chi connectivity index (χ1) is 8.77. The Morgan fingerprint density at radius 3 is 2.61 bits per heavy atom. The van der Waals surface area contributed by atoms with Gasteiger partial charge in [0, 0.05) is 19.8 Å². The van der Waals surface area contributed by atoms with E-state index in [0.717, 1.165) is 44.6 Å². The van der Waals surface area contributed by atoms with Gasteiger partial charge in [-0.25, -0.2) is 0 Å². The molecule has 1 atom stereocenters. The summed E-state index contributed by atoms with van der Waals surface area (Å²) in [5, 5.41) is 0. The van der Waals surface area contributed by atoms with Crippen molar-refractivity contribution < 1.29 is 9.47 Å². The zero-order chi connectivity index (χ0) is 13.2. The number of ether oxygens (including phenoxy) is 2. The predicted molar refractivity (Wildman–Crippen MR) is 75.0 cm³/mol. The van der Waals surface area contributed by atoms with E-state index >= 15 is 0 Å². The number of hydrogen-bond acceptors (Lipinski definition) is 3. The summed E-state index contributed by atoms with van der Waals surface area (Å²) in [7, 11) is 1.72. The van der Waals surface area contributed by atoms with Gasteiger partial charge in [-0.3, -0.25) is 0 Å². The maximum absolute atomic E-state index is 6.00. The van der Waals surface area contributed by atoms with E-state index in [9.17, 15) is 0 Å². The molecule has 0 aliphatic rings. The van der Waals surface area contributed by atoms with Crippen LogP contribution < -0.4 is 10.5 Å². The zero-order valence-electron chi connectivity index (χ0n) is 11.5. The maximum Gasteiger partial charge on any atom is 0.122 e. The van der Waals surface area contributed by atoms with Crippen LogP contribution in [-0.4, -0.2) is 26.4 Å². The summed E-state index contributed by atoms with van der Waals surface area (Å²) in [5.74, 6) is 0.971. The average Bonchev–Trinajstić information content (AvgIpc) is 2.40. The highest BCUT2D eigenvalue weighted by atomic mass is 16.5. The number of unbranched alkanes of at least 4 members (excludes halogenated alkanes) is 1. The molecule has 1 rings (SSSR count). The minimum atomic E-state index is 0.211. The minimum absolute atomic E-state index is 0.211. The Hall–Kier alpha value is -1.06. The number of benzene rings is 1. The first-order valence-corrected chi connectivity index (χ1v) is 6.73. The van der Waals surface area contributed by atoms with E-state index in [1.165, 1.54) is 5.56 Å².